The predicted molar refractivity (Wildman–Crippen MR) is 78.6 cm³/mol. The van der Waals surface area contributed by atoms with Crippen LogP contribution in [0.1, 0.15) is 32.8 Å². The van der Waals surface area contributed by atoms with E-state index >= 15 is 0 Å². The van der Waals surface area contributed by atoms with Gasteiger partial charge in [-0.2, -0.15) is 0 Å². The third-order valence-corrected chi connectivity index (χ3v) is 2.80. The van der Waals surface area contributed by atoms with E-state index in [1.807, 2.05) is 0 Å². The van der Waals surface area contributed by atoms with Crippen molar-refractivity contribution in [1.29, 1.82) is 0 Å². The minimum atomic E-state index is -1.36. The van der Waals surface area contributed by atoms with Gasteiger partial charge >= 0.3 is 6.09 Å². The average Bonchev–Trinajstić information content (AvgIpc) is 2.42. The van der Waals surface area contributed by atoms with Crippen LogP contribution in [0.15, 0.2) is 17.3 Å². The summed E-state index contributed by atoms with van der Waals surface area (Å²) in [5.41, 5.74) is -1.09. The largest absolute Gasteiger partial charge is 0.444 e. The number of rotatable bonds is 5. The molecule has 0 spiro atoms. The van der Waals surface area contributed by atoms with Gasteiger partial charge in [0.15, 0.2) is 11.6 Å². The highest BCUT2D eigenvalue weighted by Crippen LogP contribution is 2.17. The van der Waals surface area contributed by atoms with Crippen molar-refractivity contribution in [3.05, 3.63) is 40.1 Å². The van der Waals surface area contributed by atoms with Crippen LogP contribution in [-0.2, 0) is 16.0 Å². The van der Waals surface area contributed by atoms with Gasteiger partial charge in [0.1, 0.15) is 11.4 Å². The highest BCUT2D eigenvalue weighted by Gasteiger charge is 2.23. The lowest BCUT2D eigenvalue weighted by Gasteiger charge is -2.23. The Morgan fingerprint density at radius 1 is 1.17 bits per heavy atom. The van der Waals surface area contributed by atoms with Gasteiger partial charge in [-0.25, -0.2) is 18.0 Å². The molecule has 0 unspecified atom stereocenters. The second-order valence-electron chi connectivity index (χ2n) is 6.09. The summed E-state index contributed by atoms with van der Waals surface area (Å²) in [6, 6.07) is -0.105. The van der Waals surface area contributed by atoms with Crippen molar-refractivity contribution in [2.24, 2.45) is 5.18 Å². The zero-order chi connectivity index (χ0) is 18.5. The van der Waals surface area contributed by atoms with Gasteiger partial charge in [0.05, 0.1) is 6.42 Å². The third kappa shape index (κ3) is 6.35. The summed E-state index contributed by atoms with van der Waals surface area (Å²) in [6.45, 7) is 4.82. The number of carbonyl (C=O) groups excluding carboxylic acids is 2. The van der Waals surface area contributed by atoms with Crippen molar-refractivity contribution in [2.75, 3.05) is 0 Å². The third-order valence-electron chi connectivity index (χ3n) is 2.80. The summed E-state index contributed by atoms with van der Waals surface area (Å²) in [7, 11) is 0. The Kier molecular flexibility index (Phi) is 6.44. The van der Waals surface area contributed by atoms with Crippen LogP contribution in [0.5, 0.6) is 0 Å². The van der Waals surface area contributed by atoms with Crippen LogP contribution >= 0.6 is 0 Å². The van der Waals surface area contributed by atoms with Crippen LogP contribution in [0.4, 0.5) is 18.0 Å². The Labute approximate surface area is 136 Å². The number of hydrogen-bond donors (Lipinski definition) is 1. The molecule has 0 saturated carbocycles. The molecule has 0 fully saturated rings. The molecule has 0 aliphatic carbocycles. The molecular weight excluding hydrogens is 329 g/mol. The first-order valence-electron chi connectivity index (χ1n) is 7.01. The predicted octanol–water partition coefficient (Wildman–Crippen LogP) is 3.22. The molecule has 1 N–H and O–H groups in total. The Bertz CT molecular complexity index is 644. The summed E-state index contributed by atoms with van der Waals surface area (Å²) in [4.78, 5) is 33.2. The second-order valence-corrected chi connectivity index (χ2v) is 6.09. The number of halogens is 3. The van der Waals surface area contributed by atoms with Gasteiger partial charge in [0.2, 0.25) is 0 Å². The number of nitroso groups, excluding NO2 is 1. The lowest BCUT2D eigenvalue weighted by molar-refractivity contribution is -0.118. The molecule has 1 rings (SSSR count). The maximum Gasteiger partial charge on any atom is 0.407 e. The second kappa shape index (κ2) is 7.89. The van der Waals surface area contributed by atoms with Gasteiger partial charge in [0, 0.05) is 17.3 Å². The highest BCUT2D eigenvalue weighted by molar-refractivity contribution is 5.78. The zero-order valence-corrected chi connectivity index (χ0v) is 13.4. The van der Waals surface area contributed by atoms with Gasteiger partial charge in [-0.15, -0.1) is 4.91 Å². The molecule has 0 radical (unpaired) electrons. The van der Waals surface area contributed by atoms with E-state index in [2.05, 4.69) is 10.5 Å². The van der Waals surface area contributed by atoms with Crippen LogP contribution in [0.2, 0.25) is 0 Å². The number of hydrogen-bond acceptors (Lipinski definition) is 4. The normalized spacial score (nSPS) is 12.4. The minimum absolute atomic E-state index is 0.270. The van der Waals surface area contributed by atoms with E-state index in [1.54, 1.807) is 20.8 Å². The molecule has 1 aromatic rings. The summed E-state index contributed by atoms with van der Waals surface area (Å²) in [5.74, 6) is -4.77. The van der Waals surface area contributed by atoms with Crippen molar-refractivity contribution < 1.29 is 27.5 Å². The molecule has 6 nitrogen and oxygen atoms in total. The topological polar surface area (TPSA) is 84.8 Å². The fourth-order valence-corrected chi connectivity index (χ4v) is 1.88. The molecule has 2 amide bonds. The number of nitrogens with one attached hydrogen (secondary N) is 1. The van der Waals surface area contributed by atoms with E-state index in [0.717, 1.165) is 0 Å². The van der Waals surface area contributed by atoms with Crippen molar-refractivity contribution in [3.63, 3.8) is 0 Å². The molecule has 24 heavy (non-hydrogen) atoms. The first kappa shape index (κ1) is 19.6. The van der Waals surface area contributed by atoms with E-state index in [1.165, 1.54) is 0 Å². The smallest absolute Gasteiger partial charge is 0.407 e. The van der Waals surface area contributed by atoms with Crippen LogP contribution < -0.4 is 5.32 Å². The fraction of sp³-hybridized carbons (Fsp3) is 0.467. The van der Waals surface area contributed by atoms with Crippen LogP contribution in [0.25, 0.3) is 0 Å². The lowest BCUT2D eigenvalue weighted by Crippen LogP contribution is -2.41. The van der Waals surface area contributed by atoms with Gasteiger partial charge in [-0.1, -0.05) is 0 Å². The molecular formula is C15H17F3N2O4. The van der Waals surface area contributed by atoms with Gasteiger partial charge in [-0.05, 0) is 38.8 Å². The molecule has 0 heterocycles. The number of carbonyl (C=O) groups is 2. The molecule has 9 heteroatoms. The van der Waals surface area contributed by atoms with Crippen LogP contribution in [-0.4, -0.2) is 23.6 Å². The minimum Gasteiger partial charge on any atom is -0.444 e. The van der Waals surface area contributed by atoms with E-state index in [4.69, 9.17) is 4.74 Å². The zero-order valence-electron chi connectivity index (χ0n) is 13.4. The first-order valence-corrected chi connectivity index (χ1v) is 7.01. The Balaban J connectivity index is 2.94. The number of ether oxygens (including phenoxy) is 1. The summed E-state index contributed by atoms with van der Waals surface area (Å²) in [5, 5.41) is 4.48. The van der Waals surface area contributed by atoms with Gasteiger partial charge < -0.3 is 10.1 Å². The first-order chi connectivity index (χ1) is 11.0. The monoisotopic (exact) mass is 346 g/mol. The highest BCUT2D eigenvalue weighted by atomic mass is 19.2. The number of nitrogens with zero attached hydrogens (tertiary/aromatic N) is 1. The van der Waals surface area contributed by atoms with Crippen molar-refractivity contribution in [3.8, 4) is 0 Å². The molecule has 0 aliphatic heterocycles. The summed E-state index contributed by atoms with van der Waals surface area (Å²) in [6.07, 6.45) is -1.81. The maximum absolute atomic E-state index is 13.7. The molecule has 0 aliphatic rings. The average molecular weight is 346 g/mol. The summed E-state index contributed by atoms with van der Waals surface area (Å²) < 4.78 is 44.9. The Hall–Kier alpha value is -2.45. The van der Waals surface area contributed by atoms with Crippen LogP contribution in [0, 0.1) is 22.4 Å². The maximum atomic E-state index is 13.7. The molecule has 0 bridgehead atoms. The summed E-state index contributed by atoms with van der Waals surface area (Å²) >= 11 is 0. The van der Waals surface area contributed by atoms with Gasteiger partial charge in [-0.3, -0.25) is 4.79 Å². The SMILES string of the molecule is CC(C)(C)OC(=O)N[C@@H](CC(=O)N=O)Cc1cc(F)c(F)cc1F. The van der Waals surface area contributed by atoms with E-state index < -0.39 is 47.5 Å². The molecule has 1 atom stereocenters. The Morgan fingerprint density at radius 2 is 1.75 bits per heavy atom. The molecule has 1 aromatic carbocycles. The van der Waals surface area contributed by atoms with Crippen molar-refractivity contribution in [2.45, 2.75) is 45.3 Å². The van der Waals surface area contributed by atoms with E-state index in [-0.39, 0.29) is 12.0 Å². The van der Waals surface area contributed by atoms with Crippen LogP contribution in [0.3, 0.4) is 0 Å². The standard InChI is InChI=1S/C15H17F3N2O4/c1-15(2,3)24-14(22)19-9(6-13(21)20-23)4-8-5-11(17)12(18)7-10(8)16/h5,7,9H,4,6H2,1-3H3,(H,19,22)/t9-/m1/s1. The van der Waals surface area contributed by atoms with E-state index in [9.17, 15) is 27.7 Å². The molecule has 132 valence electrons. The quantitative estimate of drug-likeness (QED) is 0.655. The number of alkyl carbamates (subject to hydrolysis) is 1. The van der Waals surface area contributed by atoms with Crippen molar-refractivity contribution in [1.82, 2.24) is 5.32 Å². The van der Waals surface area contributed by atoms with Crippen molar-refractivity contribution >= 4 is 12.0 Å². The van der Waals surface area contributed by atoms with E-state index in [0.29, 0.717) is 12.1 Å². The van der Waals surface area contributed by atoms with Gasteiger partial charge in [0.25, 0.3) is 5.91 Å². The Morgan fingerprint density at radius 3 is 2.29 bits per heavy atom. The molecule has 0 saturated heterocycles. The lowest BCUT2D eigenvalue weighted by atomic mass is 10.0. The number of amides is 2. The number of benzene rings is 1. The fourth-order valence-electron chi connectivity index (χ4n) is 1.88. The molecule has 0 aromatic heterocycles.